The first kappa shape index (κ1) is 36.6. The van der Waals surface area contributed by atoms with Crippen molar-refractivity contribution in [3.05, 3.63) is 24.3 Å². The Hall–Kier alpha value is -3.70. The molecule has 0 aromatic carbocycles. The minimum absolute atomic E-state index is 0.0201. The molecule has 1 saturated heterocycles. The highest BCUT2D eigenvalue weighted by molar-refractivity contribution is 6.38. The van der Waals surface area contributed by atoms with E-state index in [2.05, 4.69) is 25.9 Å². The van der Waals surface area contributed by atoms with Crippen molar-refractivity contribution in [2.75, 3.05) is 6.54 Å². The third kappa shape index (κ3) is 8.91. The molecule has 0 radical (unpaired) electrons. The van der Waals surface area contributed by atoms with Crippen molar-refractivity contribution in [2.24, 2.45) is 29.1 Å². The van der Waals surface area contributed by atoms with Crippen molar-refractivity contribution >= 4 is 35.2 Å². The van der Waals surface area contributed by atoms with Gasteiger partial charge in [0, 0.05) is 37.3 Å². The van der Waals surface area contributed by atoms with Gasteiger partial charge in [0.05, 0.1) is 18.3 Å². The average Bonchev–Trinajstić information content (AvgIpc) is 3.65. The summed E-state index contributed by atoms with van der Waals surface area (Å²) in [5, 5.41) is 8.57. The molecule has 5 rings (SSSR count). The summed E-state index contributed by atoms with van der Waals surface area (Å²) < 4.78 is 0. The van der Waals surface area contributed by atoms with Gasteiger partial charge in [-0.15, -0.1) is 0 Å². The van der Waals surface area contributed by atoms with E-state index < -0.39 is 53.0 Å². The van der Waals surface area contributed by atoms with Gasteiger partial charge in [0.25, 0.3) is 11.8 Å². The molecule has 49 heavy (non-hydrogen) atoms. The number of carbonyl (C=O) groups is 6. The molecule has 12 nitrogen and oxygen atoms in total. The number of carbonyl (C=O) groups excluding carboxylic acids is 6. The van der Waals surface area contributed by atoms with E-state index in [0.717, 1.165) is 64.2 Å². The first-order valence-electron chi connectivity index (χ1n) is 18.4. The highest BCUT2D eigenvalue weighted by atomic mass is 16.2. The molecular formula is C37H54N6O6. The molecule has 12 heteroatoms. The van der Waals surface area contributed by atoms with E-state index in [1.54, 1.807) is 4.90 Å². The van der Waals surface area contributed by atoms with E-state index in [1.807, 2.05) is 27.7 Å². The van der Waals surface area contributed by atoms with Gasteiger partial charge in [-0.25, -0.2) is 4.98 Å². The molecule has 0 spiro atoms. The van der Waals surface area contributed by atoms with Gasteiger partial charge in [-0.2, -0.15) is 0 Å². The molecule has 4 amide bonds. The van der Waals surface area contributed by atoms with Crippen LogP contribution in [-0.2, 0) is 24.0 Å². The Bertz CT molecular complexity index is 1390. The second kappa shape index (κ2) is 15.9. The Labute approximate surface area is 289 Å². The van der Waals surface area contributed by atoms with Crippen LogP contribution in [0, 0.1) is 29.1 Å². The third-order valence-electron chi connectivity index (χ3n) is 11.1. The lowest BCUT2D eigenvalue weighted by Gasteiger charge is -2.37. The average molecular weight is 679 g/mol. The lowest BCUT2D eigenvalue weighted by Crippen LogP contribution is -2.56. The number of hydrogen-bond acceptors (Lipinski definition) is 8. The van der Waals surface area contributed by atoms with Crippen LogP contribution >= 0.6 is 0 Å². The molecule has 3 aliphatic carbocycles. The van der Waals surface area contributed by atoms with Crippen LogP contribution in [0.15, 0.2) is 18.6 Å². The summed E-state index contributed by atoms with van der Waals surface area (Å²) in [5.41, 5.74) is -0.499. The lowest BCUT2D eigenvalue weighted by molar-refractivity contribution is -0.148. The summed E-state index contributed by atoms with van der Waals surface area (Å²) in [6, 6.07) is -2.51. The van der Waals surface area contributed by atoms with Crippen LogP contribution in [0.3, 0.4) is 0 Å². The van der Waals surface area contributed by atoms with Gasteiger partial charge in [0.2, 0.25) is 17.6 Å². The fourth-order valence-corrected chi connectivity index (χ4v) is 8.18. The van der Waals surface area contributed by atoms with Crippen LogP contribution in [0.25, 0.3) is 0 Å². The minimum atomic E-state index is -0.970. The molecule has 3 saturated carbocycles. The van der Waals surface area contributed by atoms with Gasteiger partial charge < -0.3 is 20.9 Å². The third-order valence-corrected chi connectivity index (χ3v) is 11.1. The monoisotopic (exact) mass is 678 g/mol. The number of hydrogen-bond donors (Lipinski definition) is 3. The highest BCUT2D eigenvalue weighted by Gasteiger charge is 2.52. The van der Waals surface area contributed by atoms with Crippen molar-refractivity contribution in [3.8, 4) is 0 Å². The van der Waals surface area contributed by atoms with Crippen LogP contribution < -0.4 is 16.0 Å². The SMILES string of the molecule is CCC[C@H](NC(=O)[C@@H]1[C@@H]2CCC[C@@H]2CN1C(=O)[C@H](CC(=O)[C@@H](NC(=O)c1cnccn1)C1CCCCC1)C(C)(C)C)C(=O)C(=O)NC1CC1. The number of aromatic nitrogens is 2. The fourth-order valence-electron chi connectivity index (χ4n) is 8.18. The van der Waals surface area contributed by atoms with Crippen LogP contribution in [0.1, 0.15) is 122 Å². The summed E-state index contributed by atoms with van der Waals surface area (Å²) in [7, 11) is 0. The van der Waals surface area contributed by atoms with Crippen molar-refractivity contribution in [1.82, 2.24) is 30.8 Å². The standard InChI is InChI=1S/C37H54N6O6/c1-5-10-27(32(45)35(48)40-24-15-16-24)41-34(47)31-25-14-9-13-23(25)21-43(31)36(49)26(37(2,3)4)19-29(44)30(22-11-7-6-8-12-22)42-33(46)28-20-38-17-18-39-28/h17-18,20,22-27,30-31H,5-16,19,21H2,1-4H3,(H,40,48)(H,41,47)(H,42,46)/t23-,25-,26+,27+,30+,31+/m1/s1. The lowest BCUT2D eigenvalue weighted by atomic mass is 9.74. The van der Waals surface area contributed by atoms with Gasteiger partial charge in [-0.1, -0.05) is 59.8 Å². The Morgan fingerprint density at radius 2 is 1.65 bits per heavy atom. The van der Waals surface area contributed by atoms with Crippen LogP contribution in [-0.4, -0.2) is 80.8 Å². The Morgan fingerprint density at radius 1 is 0.918 bits per heavy atom. The Morgan fingerprint density at radius 3 is 2.29 bits per heavy atom. The van der Waals surface area contributed by atoms with Gasteiger partial charge in [0.1, 0.15) is 11.7 Å². The summed E-state index contributed by atoms with van der Waals surface area (Å²) in [6.45, 7) is 8.09. The summed E-state index contributed by atoms with van der Waals surface area (Å²) in [5.74, 6) is -3.38. The van der Waals surface area contributed by atoms with E-state index >= 15 is 0 Å². The zero-order chi connectivity index (χ0) is 35.3. The molecular weight excluding hydrogens is 624 g/mol. The normalized spacial score (nSPS) is 24.3. The van der Waals surface area contributed by atoms with Gasteiger partial charge in [-0.05, 0) is 68.1 Å². The number of ketones is 2. The molecule has 2 heterocycles. The molecule has 0 bridgehead atoms. The second-order valence-electron chi connectivity index (χ2n) is 15.8. The predicted octanol–water partition coefficient (Wildman–Crippen LogP) is 3.54. The second-order valence-corrected chi connectivity index (χ2v) is 15.8. The zero-order valence-electron chi connectivity index (χ0n) is 29.5. The van der Waals surface area contributed by atoms with Gasteiger partial charge in [-0.3, -0.25) is 33.8 Å². The van der Waals surface area contributed by atoms with Gasteiger partial charge >= 0.3 is 0 Å². The zero-order valence-corrected chi connectivity index (χ0v) is 29.5. The number of likely N-dealkylation sites (tertiary alicyclic amines) is 1. The molecule has 1 aliphatic heterocycles. The molecule has 1 aromatic heterocycles. The van der Waals surface area contributed by atoms with E-state index in [-0.39, 0.29) is 47.6 Å². The maximum Gasteiger partial charge on any atom is 0.289 e. The van der Waals surface area contributed by atoms with E-state index in [1.165, 1.54) is 18.6 Å². The molecule has 268 valence electrons. The fraction of sp³-hybridized carbons (Fsp3) is 0.730. The molecule has 3 N–H and O–H groups in total. The quantitative estimate of drug-likeness (QED) is 0.251. The summed E-state index contributed by atoms with van der Waals surface area (Å²) in [4.78, 5) is 91.7. The van der Waals surface area contributed by atoms with Crippen molar-refractivity contribution in [3.63, 3.8) is 0 Å². The van der Waals surface area contributed by atoms with Crippen LogP contribution in [0.2, 0.25) is 0 Å². The molecule has 6 atom stereocenters. The number of nitrogens with zero attached hydrogens (tertiary/aromatic N) is 3. The van der Waals surface area contributed by atoms with Crippen molar-refractivity contribution < 1.29 is 28.8 Å². The predicted molar refractivity (Wildman–Crippen MR) is 182 cm³/mol. The number of amides is 4. The maximum atomic E-state index is 14.7. The first-order chi connectivity index (χ1) is 23.4. The highest BCUT2D eigenvalue weighted by Crippen LogP contribution is 2.44. The van der Waals surface area contributed by atoms with Crippen LogP contribution in [0.4, 0.5) is 0 Å². The maximum absolute atomic E-state index is 14.7. The smallest absolute Gasteiger partial charge is 0.289 e. The summed E-state index contributed by atoms with van der Waals surface area (Å²) >= 11 is 0. The Balaban J connectivity index is 1.36. The Kier molecular flexibility index (Phi) is 11.9. The van der Waals surface area contributed by atoms with Crippen molar-refractivity contribution in [1.29, 1.82) is 0 Å². The molecule has 4 aliphatic rings. The van der Waals surface area contributed by atoms with E-state index in [4.69, 9.17) is 0 Å². The van der Waals surface area contributed by atoms with Crippen LogP contribution in [0.5, 0.6) is 0 Å². The minimum Gasteiger partial charge on any atom is -0.347 e. The number of fused-ring (bicyclic) bond motifs is 1. The molecule has 1 aromatic rings. The van der Waals surface area contributed by atoms with E-state index in [9.17, 15) is 28.8 Å². The van der Waals surface area contributed by atoms with Crippen molar-refractivity contribution in [2.45, 2.75) is 135 Å². The number of nitrogens with one attached hydrogen (secondary N) is 3. The number of rotatable bonds is 14. The molecule has 4 fully saturated rings. The first-order valence-corrected chi connectivity index (χ1v) is 18.4. The topological polar surface area (TPSA) is 168 Å². The van der Waals surface area contributed by atoms with Gasteiger partial charge in [0.15, 0.2) is 5.78 Å². The summed E-state index contributed by atoms with van der Waals surface area (Å²) in [6.07, 6.45) is 14.1. The van der Waals surface area contributed by atoms with E-state index in [0.29, 0.717) is 19.4 Å². The number of Topliss-reactive ketones (excluding diaryl/α,β-unsaturated/α-hetero) is 2. The molecule has 0 unspecified atom stereocenters. The largest absolute Gasteiger partial charge is 0.347 e.